The van der Waals surface area contributed by atoms with Crippen LogP contribution in [0.5, 0.6) is 5.88 Å². The third-order valence-corrected chi connectivity index (χ3v) is 2.32. The fourth-order valence-electron chi connectivity index (χ4n) is 1.64. The fourth-order valence-corrected chi connectivity index (χ4v) is 1.64. The molecule has 1 aromatic rings. The van der Waals surface area contributed by atoms with Crippen LogP contribution in [0.3, 0.4) is 0 Å². The van der Waals surface area contributed by atoms with E-state index in [1.165, 1.54) is 0 Å². The van der Waals surface area contributed by atoms with Crippen molar-refractivity contribution in [1.82, 2.24) is 9.78 Å². The van der Waals surface area contributed by atoms with Crippen molar-refractivity contribution in [1.29, 1.82) is 0 Å². The summed E-state index contributed by atoms with van der Waals surface area (Å²) in [5.74, 6) is 0.316. The smallest absolute Gasteiger partial charge is 0.212 e. The Balaban J connectivity index is 3.22. The van der Waals surface area contributed by atoms with Gasteiger partial charge in [0.1, 0.15) is 0 Å². The van der Waals surface area contributed by atoms with Crippen molar-refractivity contribution in [3.8, 4) is 5.88 Å². The molecule has 0 saturated carbocycles. The third-order valence-electron chi connectivity index (χ3n) is 2.32. The molecule has 1 N–H and O–H groups in total. The van der Waals surface area contributed by atoms with Crippen LogP contribution in [0.15, 0.2) is 0 Å². The average Bonchev–Trinajstić information content (AvgIpc) is 2.32. The lowest BCUT2D eigenvalue weighted by Gasteiger charge is -2.16. The van der Waals surface area contributed by atoms with E-state index >= 15 is 0 Å². The number of rotatable bonds is 2. The number of hydrogen-bond acceptors (Lipinski definition) is 2. The minimum absolute atomic E-state index is 0.00322. The molecule has 0 aliphatic carbocycles. The van der Waals surface area contributed by atoms with Gasteiger partial charge in [0.15, 0.2) is 0 Å². The predicted molar refractivity (Wildman–Crippen MR) is 57.6 cm³/mol. The summed E-state index contributed by atoms with van der Waals surface area (Å²) >= 11 is 0. The van der Waals surface area contributed by atoms with E-state index in [4.69, 9.17) is 0 Å². The minimum atomic E-state index is 0.00322. The Kier molecular flexibility index (Phi) is 2.88. The summed E-state index contributed by atoms with van der Waals surface area (Å²) in [4.78, 5) is 0. The van der Waals surface area contributed by atoms with Gasteiger partial charge in [-0.1, -0.05) is 34.1 Å². The monoisotopic (exact) mass is 196 g/mol. The molecule has 0 atom stereocenters. The zero-order valence-electron chi connectivity index (χ0n) is 9.76. The van der Waals surface area contributed by atoms with E-state index in [0.29, 0.717) is 5.88 Å². The summed E-state index contributed by atoms with van der Waals surface area (Å²) in [5, 5.41) is 14.2. The summed E-state index contributed by atoms with van der Waals surface area (Å²) in [6, 6.07) is 0. The van der Waals surface area contributed by atoms with Gasteiger partial charge < -0.3 is 5.11 Å². The van der Waals surface area contributed by atoms with Gasteiger partial charge in [0, 0.05) is 18.0 Å². The SMILES string of the molecule is CCCc1c(C(C)(C)C)nn(C)c1O. The van der Waals surface area contributed by atoms with Crippen molar-refractivity contribution in [2.24, 2.45) is 7.05 Å². The highest BCUT2D eigenvalue weighted by Crippen LogP contribution is 2.30. The van der Waals surface area contributed by atoms with E-state index in [1.54, 1.807) is 11.7 Å². The van der Waals surface area contributed by atoms with Gasteiger partial charge in [0.25, 0.3) is 0 Å². The van der Waals surface area contributed by atoms with E-state index in [2.05, 4.69) is 32.8 Å². The molecule has 0 unspecified atom stereocenters. The maximum atomic E-state index is 9.81. The van der Waals surface area contributed by atoms with Crippen molar-refractivity contribution in [2.75, 3.05) is 0 Å². The lowest BCUT2D eigenvalue weighted by molar-refractivity contribution is 0.413. The molecule has 1 heterocycles. The number of aromatic nitrogens is 2. The molecule has 1 rings (SSSR count). The molecule has 0 spiro atoms. The van der Waals surface area contributed by atoms with Crippen LogP contribution < -0.4 is 0 Å². The Hall–Kier alpha value is -0.990. The Morgan fingerprint density at radius 2 is 1.93 bits per heavy atom. The number of nitrogens with zero attached hydrogens (tertiary/aromatic N) is 2. The van der Waals surface area contributed by atoms with E-state index < -0.39 is 0 Å². The highest BCUT2D eigenvalue weighted by atomic mass is 16.3. The van der Waals surface area contributed by atoms with Gasteiger partial charge in [-0.3, -0.25) is 0 Å². The van der Waals surface area contributed by atoms with Crippen molar-refractivity contribution < 1.29 is 5.11 Å². The highest BCUT2D eigenvalue weighted by molar-refractivity contribution is 5.34. The molecular weight excluding hydrogens is 176 g/mol. The topological polar surface area (TPSA) is 38.0 Å². The molecule has 0 bridgehead atoms. The first-order valence-corrected chi connectivity index (χ1v) is 5.13. The van der Waals surface area contributed by atoms with E-state index in [0.717, 1.165) is 24.1 Å². The average molecular weight is 196 g/mol. The molecule has 0 aromatic carbocycles. The van der Waals surface area contributed by atoms with Crippen molar-refractivity contribution in [2.45, 2.75) is 46.0 Å². The van der Waals surface area contributed by atoms with Crippen LogP contribution in [0.2, 0.25) is 0 Å². The highest BCUT2D eigenvalue weighted by Gasteiger charge is 2.24. The second kappa shape index (κ2) is 3.64. The van der Waals surface area contributed by atoms with Crippen molar-refractivity contribution in [3.05, 3.63) is 11.3 Å². The van der Waals surface area contributed by atoms with Crippen LogP contribution in [-0.2, 0) is 18.9 Å². The maximum absolute atomic E-state index is 9.81. The van der Waals surface area contributed by atoms with Gasteiger partial charge in [0.05, 0.1) is 5.69 Å². The van der Waals surface area contributed by atoms with Crippen LogP contribution in [-0.4, -0.2) is 14.9 Å². The first-order valence-electron chi connectivity index (χ1n) is 5.13. The van der Waals surface area contributed by atoms with Crippen LogP contribution >= 0.6 is 0 Å². The predicted octanol–water partition coefficient (Wildman–Crippen LogP) is 2.38. The quantitative estimate of drug-likeness (QED) is 0.788. The number of aromatic hydroxyl groups is 1. The van der Waals surface area contributed by atoms with Gasteiger partial charge in [-0.05, 0) is 6.42 Å². The first kappa shape index (κ1) is 11.1. The first-order chi connectivity index (χ1) is 6.38. The van der Waals surface area contributed by atoms with Crippen LogP contribution in [0.25, 0.3) is 0 Å². The van der Waals surface area contributed by atoms with Crippen molar-refractivity contribution >= 4 is 0 Å². The Morgan fingerprint density at radius 3 is 2.36 bits per heavy atom. The normalized spacial score (nSPS) is 12.1. The molecule has 3 heteroatoms. The van der Waals surface area contributed by atoms with E-state index in [9.17, 15) is 5.11 Å². The van der Waals surface area contributed by atoms with Gasteiger partial charge >= 0.3 is 0 Å². The lowest BCUT2D eigenvalue weighted by atomic mass is 9.88. The summed E-state index contributed by atoms with van der Waals surface area (Å²) in [6.45, 7) is 8.47. The second-order valence-electron chi connectivity index (χ2n) is 4.77. The molecule has 0 fully saturated rings. The summed E-state index contributed by atoms with van der Waals surface area (Å²) in [5.41, 5.74) is 2.02. The molecule has 0 radical (unpaired) electrons. The summed E-state index contributed by atoms with van der Waals surface area (Å²) < 4.78 is 1.56. The van der Waals surface area contributed by atoms with Crippen LogP contribution in [0.4, 0.5) is 0 Å². The molecule has 14 heavy (non-hydrogen) atoms. The molecule has 1 aromatic heterocycles. The van der Waals surface area contributed by atoms with E-state index in [1.807, 2.05) is 0 Å². The number of hydrogen-bond donors (Lipinski definition) is 1. The summed E-state index contributed by atoms with van der Waals surface area (Å²) in [6.07, 6.45) is 1.93. The fraction of sp³-hybridized carbons (Fsp3) is 0.727. The molecule has 80 valence electrons. The molecular formula is C11H20N2O. The zero-order valence-corrected chi connectivity index (χ0v) is 9.76. The van der Waals surface area contributed by atoms with Crippen LogP contribution in [0.1, 0.15) is 45.4 Å². The molecule has 0 aliphatic heterocycles. The summed E-state index contributed by atoms with van der Waals surface area (Å²) in [7, 11) is 1.78. The van der Waals surface area contributed by atoms with Crippen molar-refractivity contribution in [3.63, 3.8) is 0 Å². The van der Waals surface area contributed by atoms with Crippen LogP contribution in [0, 0.1) is 0 Å². The third kappa shape index (κ3) is 1.91. The molecule has 3 nitrogen and oxygen atoms in total. The molecule has 0 amide bonds. The Morgan fingerprint density at radius 1 is 1.36 bits per heavy atom. The van der Waals surface area contributed by atoms with E-state index in [-0.39, 0.29) is 5.41 Å². The second-order valence-corrected chi connectivity index (χ2v) is 4.77. The Labute approximate surface area is 85.8 Å². The van der Waals surface area contributed by atoms with Gasteiger partial charge in [-0.2, -0.15) is 5.10 Å². The van der Waals surface area contributed by atoms with Gasteiger partial charge in [-0.15, -0.1) is 0 Å². The number of aryl methyl sites for hydroxylation is 1. The zero-order chi connectivity index (χ0) is 10.9. The molecule has 0 saturated heterocycles. The largest absolute Gasteiger partial charge is 0.493 e. The lowest BCUT2D eigenvalue weighted by Crippen LogP contribution is -2.14. The Bertz CT molecular complexity index is 321. The van der Waals surface area contributed by atoms with Gasteiger partial charge in [0.2, 0.25) is 5.88 Å². The minimum Gasteiger partial charge on any atom is -0.493 e. The molecule has 0 aliphatic rings. The standard InChI is InChI=1S/C11H20N2O/c1-6-7-8-9(11(2,3)4)12-13(5)10(8)14/h14H,6-7H2,1-5H3. The maximum Gasteiger partial charge on any atom is 0.212 e. The van der Waals surface area contributed by atoms with Gasteiger partial charge in [-0.25, -0.2) is 4.68 Å².